The summed E-state index contributed by atoms with van der Waals surface area (Å²) in [5.41, 5.74) is 3.23. The summed E-state index contributed by atoms with van der Waals surface area (Å²) in [4.78, 5) is 84.0. The van der Waals surface area contributed by atoms with Crippen LogP contribution >= 0.6 is 11.6 Å². The van der Waals surface area contributed by atoms with Crippen molar-refractivity contribution in [2.75, 3.05) is 33.5 Å². The van der Waals surface area contributed by atoms with E-state index in [1.54, 1.807) is 27.7 Å². The second-order valence-corrected chi connectivity index (χ2v) is 42.8. The second-order valence-electron chi connectivity index (χ2n) is 42.4. The minimum Gasteiger partial charge on any atom is -0.507 e. The summed E-state index contributed by atoms with van der Waals surface area (Å²) in [5, 5.41) is 82.8. The minimum atomic E-state index is -1.94. The number of aromatic hydroxyl groups is 2. The molecule has 20 atom stereocenters. The highest BCUT2D eigenvalue weighted by molar-refractivity contribution is 6.33. The zero-order valence-electron chi connectivity index (χ0n) is 74.4. The van der Waals surface area contributed by atoms with Crippen LogP contribution in [-0.2, 0) is 52.5 Å². The normalized spacial score (nSPS) is 39.0. The fourth-order valence-corrected chi connectivity index (χ4v) is 24.9. The van der Waals surface area contributed by atoms with Crippen LogP contribution in [0.3, 0.4) is 0 Å². The highest BCUT2D eigenvalue weighted by Crippen LogP contribution is 2.73. The van der Waals surface area contributed by atoms with Crippen LogP contribution in [0.25, 0.3) is 0 Å². The fraction of sp³-hybridized carbons (Fsp3) is 0.719. The van der Waals surface area contributed by atoms with Crippen LogP contribution < -0.4 is 0 Å². The van der Waals surface area contributed by atoms with Crippen molar-refractivity contribution < 1.29 is 98.1 Å². The van der Waals surface area contributed by atoms with Gasteiger partial charge in [-0.25, -0.2) is 9.59 Å². The highest BCUT2D eigenvalue weighted by atomic mass is 35.5. The Labute approximate surface area is 700 Å². The molecule has 15 aliphatic rings. The van der Waals surface area contributed by atoms with Crippen molar-refractivity contribution in [3.05, 3.63) is 103 Å². The Bertz CT molecular complexity index is 4350. The molecule has 9 saturated carbocycles. The van der Waals surface area contributed by atoms with Gasteiger partial charge in [0, 0.05) is 71.5 Å². The number of Topliss-reactive ketones (excluding diaryl/α,β-unsaturated/α-hetero) is 1. The van der Waals surface area contributed by atoms with E-state index in [4.69, 9.17) is 40.4 Å². The predicted octanol–water partition coefficient (Wildman–Crippen LogP) is 16.6. The zero-order chi connectivity index (χ0) is 87.7. The Kier molecular flexibility index (Phi) is 25.6. The number of phenols is 2. The Balaban J connectivity index is 0.000000152. The number of hydrogen-bond donors (Lipinski definition) is 8. The van der Waals surface area contributed by atoms with Gasteiger partial charge in [-0.3, -0.25) is 24.0 Å². The second kappa shape index (κ2) is 32.2. The molecule has 117 heavy (non-hydrogen) atoms. The van der Waals surface area contributed by atoms with Gasteiger partial charge in [0.1, 0.15) is 53.0 Å². The molecule has 4 unspecified atom stereocenters. The minimum absolute atomic E-state index is 0.00583. The number of carbonyl (C=O) groups is 7. The first-order valence-electron chi connectivity index (χ1n) is 42.9. The van der Waals surface area contributed by atoms with Crippen molar-refractivity contribution in [2.45, 2.75) is 303 Å². The number of fused-ring (bicyclic) bond motifs is 8. The van der Waals surface area contributed by atoms with Crippen molar-refractivity contribution in [2.24, 2.45) is 101 Å². The third kappa shape index (κ3) is 15.6. The first-order chi connectivity index (χ1) is 53.9. The molecule has 650 valence electrons. The Morgan fingerprint density at radius 1 is 0.803 bits per heavy atom. The molecule has 1 aliphatic heterocycles. The molecule has 1 aromatic carbocycles. The molecule has 1 heterocycles. The van der Waals surface area contributed by atoms with Gasteiger partial charge in [0.2, 0.25) is 0 Å². The molecular weight excluding hydrogens is 1510 g/mol. The van der Waals surface area contributed by atoms with Gasteiger partial charge in [-0.1, -0.05) is 161 Å². The number of aldehydes is 1. The van der Waals surface area contributed by atoms with Gasteiger partial charge < -0.3 is 64.5 Å². The predicted molar refractivity (Wildman–Crippen MR) is 448 cm³/mol. The SMILES string of the molecule is C=C(C)[C@H]1CC[C@@]1(C)CCO.CC(=O)OC12CCC1(C)C1CC(C)(C)CC2C=C1C.CC1(C)CC(=O)[C@@H]([C@@]23C=CC2=C(CO)C(=O)OC3)C1.CC[C@H](C)C(=O)OC[C@@H]1CC(=C(C)C)C1(C)C.COC(=O)[C@]1(C)CC2=C(C)[C@]3(O)CC[C@@]3(C)C[C@@H]2C1.Cc1c(Cl)c(O)cc(O)c1C(=O)O[C@@H]1C[C@]2(C)[C@H]3[C@@H](O)C(C)(C)C[C@@]3(O)C=C(C=O)[C@]12O. The van der Waals surface area contributed by atoms with Crippen LogP contribution in [0.4, 0.5) is 0 Å². The number of allylic oxidation sites excluding steroid dienone is 6. The average molecular weight is 1650 g/mol. The molecular formula is C96H139ClO20. The molecule has 0 aromatic heterocycles. The molecule has 9 fully saturated rings. The first-order valence-corrected chi connectivity index (χ1v) is 43.2. The van der Waals surface area contributed by atoms with Gasteiger partial charge in [-0.15, -0.1) is 0 Å². The van der Waals surface area contributed by atoms with Gasteiger partial charge >= 0.3 is 29.8 Å². The van der Waals surface area contributed by atoms with Crippen molar-refractivity contribution in [1.29, 1.82) is 0 Å². The van der Waals surface area contributed by atoms with Crippen LogP contribution in [0, 0.1) is 108 Å². The van der Waals surface area contributed by atoms with Crippen LogP contribution in [0.5, 0.6) is 11.5 Å². The Morgan fingerprint density at radius 2 is 1.45 bits per heavy atom. The van der Waals surface area contributed by atoms with Gasteiger partial charge in [0.15, 0.2) is 0 Å². The molecule has 1 aromatic rings. The van der Waals surface area contributed by atoms with Crippen LogP contribution in [-0.4, -0.2) is 151 Å². The number of carbonyl (C=O) groups excluding carboxylic acids is 7. The quantitative estimate of drug-likeness (QED) is 0.0371. The number of benzene rings is 1. The van der Waals surface area contributed by atoms with E-state index in [0.29, 0.717) is 71.9 Å². The van der Waals surface area contributed by atoms with Crippen molar-refractivity contribution in [3.8, 4) is 11.5 Å². The van der Waals surface area contributed by atoms with E-state index in [-0.39, 0.29) is 111 Å². The lowest BCUT2D eigenvalue weighted by atomic mass is 9.43. The number of ketones is 1. The number of aliphatic hydroxyl groups is 6. The lowest BCUT2D eigenvalue weighted by Crippen LogP contribution is -2.76. The third-order valence-electron chi connectivity index (χ3n) is 32.5. The number of ether oxygens (including phenoxy) is 5. The summed E-state index contributed by atoms with van der Waals surface area (Å²) in [5.74, 6) is -0.703. The summed E-state index contributed by atoms with van der Waals surface area (Å²) >= 11 is 5.98. The molecule has 14 aliphatic carbocycles. The number of methoxy groups -OCH3 is 1. The van der Waals surface area contributed by atoms with Gasteiger partial charge in [0.05, 0.1) is 65.0 Å². The fourth-order valence-electron chi connectivity index (χ4n) is 24.7. The van der Waals surface area contributed by atoms with Crippen molar-refractivity contribution in [3.63, 3.8) is 0 Å². The van der Waals surface area contributed by atoms with Gasteiger partial charge in [-0.05, 0) is 225 Å². The monoisotopic (exact) mass is 1650 g/mol. The largest absolute Gasteiger partial charge is 0.507 e. The molecule has 2 bridgehead atoms. The average Bonchev–Trinajstić information content (AvgIpc) is 1.60. The Hall–Kier alpha value is -6.26. The van der Waals surface area contributed by atoms with Crippen molar-refractivity contribution in [1.82, 2.24) is 0 Å². The summed E-state index contributed by atoms with van der Waals surface area (Å²) in [6.45, 7) is 50.0. The lowest BCUT2D eigenvalue weighted by Gasteiger charge is -2.66. The van der Waals surface area contributed by atoms with E-state index in [0.717, 1.165) is 87.8 Å². The van der Waals surface area contributed by atoms with E-state index in [1.165, 1.54) is 73.7 Å². The Morgan fingerprint density at radius 3 is 1.95 bits per heavy atom. The number of esters is 5. The molecule has 20 nitrogen and oxygen atoms in total. The molecule has 21 heteroatoms. The summed E-state index contributed by atoms with van der Waals surface area (Å²) < 4.78 is 27.0. The van der Waals surface area contributed by atoms with Crippen molar-refractivity contribution >= 4 is 53.5 Å². The molecule has 0 spiro atoms. The number of aliphatic hydroxyl groups excluding tert-OH is 3. The maximum absolute atomic E-state index is 12.9. The number of hydrogen-bond acceptors (Lipinski definition) is 20. The topological polar surface area (TPSA) is 327 Å². The molecule has 0 saturated heterocycles. The number of rotatable bonds is 14. The number of cyclic esters (lactones) is 1. The van der Waals surface area contributed by atoms with E-state index in [1.807, 2.05) is 32.9 Å². The molecule has 8 N–H and O–H groups in total. The molecule has 16 rings (SSSR count). The van der Waals surface area contributed by atoms with Gasteiger partial charge in [0.25, 0.3) is 0 Å². The number of phenolic OH excluding ortho intramolecular Hbond substituents is 2. The van der Waals surface area contributed by atoms with E-state index in [2.05, 4.69) is 110 Å². The summed E-state index contributed by atoms with van der Waals surface area (Å²) in [7, 11) is 1.47. The third-order valence-corrected chi connectivity index (χ3v) is 32.9. The standard InChI is InChI=1S/C23H27ClO8.C17H26O2.C16H24O3.C15H18O4.C15H26O2.C10H18O/c1-10-15(12(26)5-13(27)16(10)24)19(29)32-14-7-21(4)17-18(28)20(2,3)9-22(17,30)6-11(8-25)23(14,21)31;1-11-8-13-9-15(3,4)10-14(11)16(5)6-7-17(13,16)19-12(2)18;1-10-12-9-14(2,13(17)19-4)7-11(12)8-15(3)5-6-16(10,15)18;1-14(2)5-11(12(17)6-14)15-4-3-10(15)9(7-16)13(18)19-8-15;1-7-11(4)14(16)17-9-12-8-13(10(2)3)15(12,5)6;1-8(2)9-4-5-10(9,3)6-7-11/h5-6,8,14,17-18,26-28,30-31H,7,9H2,1-4H3;8,13-14H,6-7,9-10H2,1-5H3;11,18H,5-9H2,1-4H3;3-4,11,16H,5-8H2,1-2H3;11-12H,7-9H2,1-6H3;9,11H,1,4-7H2,2-3H3/t14-,17-,18-,21-,22+,23+;;11-,14-,15-,16+;11-,15+;11-,12-;9-,10+/m1.0001/s1. The molecule has 0 amide bonds. The van der Waals surface area contributed by atoms with Gasteiger partial charge in [-0.2, -0.15) is 0 Å². The lowest BCUT2D eigenvalue weighted by molar-refractivity contribution is -0.272. The van der Waals surface area contributed by atoms with E-state index in [9.17, 15) is 69.3 Å². The maximum Gasteiger partial charge on any atom is 0.342 e. The maximum atomic E-state index is 12.9. The van der Waals surface area contributed by atoms with Crippen LogP contribution in [0.15, 0.2) is 87.1 Å². The highest BCUT2D eigenvalue weighted by Gasteiger charge is 2.78. The smallest absolute Gasteiger partial charge is 0.342 e. The van der Waals surface area contributed by atoms with Crippen LogP contribution in [0.2, 0.25) is 5.02 Å². The summed E-state index contributed by atoms with van der Waals surface area (Å²) in [6, 6.07) is 0.917. The van der Waals surface area contributed by atoms with E-state index < -0.39 is 80.0 Å². The van der Waals surface area contributed by atoms with E-state index >= 15 is 0 Å². The first kappa shape index (κ1) is 93.0. The van der Waals surface area contributed by atoms with Crippen LogP contribution in [0.1, 0.15) is 277 Å². The number of halogens is 1. The molecule has 0 radical (unpaired) electrons. The zero-order valence-corrected chi connectivity index (χ0v) is 75.1. The summed E-state index contributed by atoms with van der Waals surface area (Å²) in [6.07, 6.45) is 22.1.